The Morgan fingerprint density at radius 2 is 2.00 bits per heavy atom. The molecule has 1 aromatic rings. The Hall–Kier alpha value is -1.82. The lowest BCUT2D eigenvalue weighted by Gasteiger charge is -2.17. The number of hydrogen-bond donors (Lipinski definition) is 1. The number of carbonyl (C=O) groups is 3. The minimum atomic E-state index is -0.148. The summed E-state index contributed by atoms with van der Waals surface area (Å²) in [6.07, 6.45) is 0.470. The van der Waals surface area contributed by atoms with Gasteiger partial charge in [-0.1, -0.05) is 11.8 Å². The van der Waals surface area contributed by atoms with Crippen LogP contribution in [0.2, 0.25) is 0 Å². The van der Waals surface area contributed by atoms with E-state index in [0.29, 0.717) is 24.3 Å². The topological polar surface area (TPSA) is 66.5 Å². The fraction of sp³-hybridized carbons (Fsp3) is 0.400. The number of nitrogens with zero attached hydrogens (tertiary/aromatic N) is 1. The molecule has 5 nitrogen and oxygen atoms in total. The van der Waals surface area contributed by atoms with Crippen molar-refractivity contribution in [3.63, 3.8) is 0 Å². The molecule has 1 heterocycles. The van der Waals surface area contributed by atoms with E-state index < -0.39 is 0 Å². The number of carbonyl (C=O) groups excluding carboxylic acids is 3. The maximum Gasteiger partial charge on any atom is 0.251 e. The van der Waals surface area contributed by atoms with Gasteiger partial charge in [0.25, 0.3) is 5.91 Å². The molecule has 0 radical (unpaired) electrons. The van der Waals surface area contributed by atoms with Gasteiger partial charge >= 0.3 is 0 Å². The highest BCUT2D eigenvalue weighted by Crippen LogP contribution is 2.27. The monoisotopic (exact) mass is 306 g/mol. The Labute approximate surface area is 128 Å². The van der Waals surface area contributed by atoms with E-state index in [2.05, 4.69) is 5.32 Å². The van der Waals surface area contributed by atoms with Crippen molar-refractivity contribution < 1.29 is 14.4 Å². The molecule has 112 valence electrons. The largest absolute Gasteiger partial charge is 0.355 e. The first kappa shape index (κ1) is 15.6. The number of thioether (sulfide) groups is 1. The summed E-state index contributed by atoms with van der Waals surface area (Å²) in [5.74, 6) is 0.792. The third-order valence-corrected chi connectivity index (χ3v) is 4.44. The van der Waals surface area contributed by atoms with E-state index in [0.717, 1.165) is 5.69 Å². The Balaban J connectivity index is 2.03. The summed E-state index contributed by atoms with van der Waals surface area (Å²) < 4.78 is 0. The molecule has 1 atom stereocenters. The Kier molecular flexibility index (Phi) is 5.01. The van der Waals surface area contributed by atoms with Crippen molar-refractivity contribution in [2.45, 2.75) is 13.3 Å². The SMILES string of the molecule is CNC(=O)c1ccc(N2CC(CSC(C)=O)CC2=O)cc1. The molecule has 21 heavy (non-hydrogen) atoms. The molecular weight excluding hydrogens is 288 g/mol. The number of anilines is 1. The summed E-state index contributed by atoms with van der Waals surface area (Å²) in [6, 6.07) is 6.98. The third kappa shape index (κ3) is 3.85. The Bertz CT molecular complexity index is 557. The zero-order chi connectivity index (χ0) is 15.4. The van der Waals surface area contributed by atoms with E-state index in [1.165, 1.54) is 18.7 Å². The van der Waals surface area contributed by atoms with E-state index in [9.17, 15) is 14.4 Å². The van der Waals surface area contributed by atoms with Crippen LogP contribution >= 0.6 is 11.8 Å². The molecule has 1 aliphatic heterocycles. The van der Waals surface area contributed by atoms with Gasteiger partial charge in [-0.3, -0.25) is 14.4 Å². The predicted octanol–water partition coefficient (Wildman–Crippen LogP) is 1.68. The molecule has 1 unspecified atom stereocenters. The van der Waals surface area contributed by atoms with E-state index >= 15 is 0 Å². The quantitative estimate of drug-likeness (QED) is 0.919. The normalized spacial score (nSPS) is 17.9. The first-order chi connectivity index (χ1) is 10.0. The van der Waals surface area contributed by atoms with Crippen LogP contribution in [0.3, 0.4) is 0 Å². The van der Waals surface area contributed by atoms with Gasteiger partial charge in [0.05, 0.1) is 0 Å². The van der Waals surface area contributed by atoms with Crippen LogP contribution in [0, 0.1) is 5.92 Å². The zero-order valence-corrected chi connectivity index (χ0v) is 12.9. The van der Waals surface area contributed by atoms with Crippen LogP contribution in [0.1, 0.15) is 23.7 Å². The van der Waals surface area contributed by atoms with E-state index in [1.807, 2.05) is 0 Å². The molecule has 1 saturated heterocycles. The first-order valence-electron chi connectivity index (χ1n) is 6.77. The van der Waals surface area contributed by atoms with Crippen LogP contribution in [-0.2, 0) is 9.59 Å². The number of hydrogen-bond acceptors (Lipinski definition) is 4. The fourth-order valence-corrected chi connectivity index (χ4v) is 3.01. The molecule has 1 aliphatic rings. The second kappa shape index (κ2) is 6.76. The highest BCUT2D eigenvalue weighted by atomic mass is 32.2. The molecule has 0 aliphatic carbocycles. The second-order valence-corrected chi connectivity index (χ2v) is 6.20. The van der Waals surface area contributed by atoms with Crippen molar-refractivity contribution in [3.8, 4) is 0 Å². The summed E-state index contributed by atoms with van der Waals surface area (Å²) in [5.41, 5.74) is 1.36. The van der Waals surface area contributed by atoms with Crippen LogP contribution in [0.4, 0.5) is 5.69 Å². The van der Waals surface area contributed by atoms with Gasteiger partial charge in [-0.2, -0.15) is 0 Å². The van der Waals surface area contributed by atoms with Gasteiger partial charge in [0, 0.05) is 43.9 Å². The molecule has 0 saturated carbocycles. The molecule has 2 amide bonds. The first-order valence-corrected chi connectivity index (χ1v) is 7.75. The Morgan fingerprint density at radius 1 is 1.33 bits per heavy atom. The van der Waals surface area contributed by atoms with Crippen LogP contribution in [-0.4, -0.2) is 36.3 Å². The fourth-order valence-electron chi connectivity index (χ4n) is 2.32. The van der Waals surface area contributed by atoms with E-state index in [-0.39, 0.29) is 22.8 Å². The summed E-state index contributed by atoms with van der Waals surface area (Å²) in [7, 11) is 1.58. The average Bonchev–Trinajstić information content (AvgIpc) is 2.85. The van der Waals surface area contributed by atoms with E-state index in [1.54, 1.807) is 36.2 Å². The molecule has 6 heteroatoms. The number of amides is 2. The van der Waals surface area contributed by atoms with Gasteiger partial charge in [0.2, 0.25) is 5.91 Å². The van der Waals surface area contributed by atoms with Crippen LogP contribution < -0.4 is 10.2 Å². The smallest absolute Gasteiger partial charge is 0.251 e. The summed E-state index contributed by atoms with van der Waals surface area (Å²) >= 11 is 1.27. The maximum absolute atomic E-state index is 12.1. The summed E-state index contributed by atoms with van der Waals surface area (Å²) in [5, 5.41) is 2.64. The van der Waals surface area contributed by atoms with Crippen molar-refractivity contribution in [1.82, 2.24) is 5.32 Å². The van der Waals surface area contributed by atoms with Gasteiger partial charge < -0.3 is 10.2 Å². The number of nitrogens with one attached hydrogen (secondary N) is 1. The van der Waals surface area contributed by atoms with Crippen molar-refractivity contribution >= 4 is 34.4 Å². The van der Waals surface area contributed by atoms with Gasteiger partial charge in [0.15, 0.2) is 5.12 Å². The third-order valence-electron chi connectivity index (χ3n) is 3.40. The zero-order valence-electron chi connectivity index (χ0n) is 12.1. The highest BCUT2D eigenvalue weighted by molar-refractivity contribution is 8.13. The average molecular weight is 306 g/mol. The highest BCUT2D eigenvalue weighted by Gasteiger charge is 2.30. The molecule has 0 bridgehead atoms. The van der Waals surface area contributed by atoms with Crippen LogP contribution in [0.5, 0.6) is 0 Å². The minimum Gasteiger partial charge on any atom is -0.355 e. The molecule has 2 rings (SSSR count). The van der Waals surface area contributed by atoms with Crippen LogP contribution in [0.15, 0.2) is 24.3 Å². The summed E-state index contributed by atoms with van der Waals surface area (Å²) in [4.78, 5) is 36.3. The number of benzene rings is 1. The molecular formula is C15H18N2O3S. The molecule has 1 aromatic carbocycles. The van der Waals surface area contributed by atoms with Gasteiger partial charge in [-0.05, 0) is 30.2 Å². The van der Waals surface area contributed by atoms with Gasteiger partial charge in [-0.25, -0.2) is 0 Å². The number of rotatable bonds is 4. The van der Waals surface area contributed by atoms with E-state index in [4.69, 9.17) is 0 Å². The molecule has 0 aromatic heterocycles. The van der Waals surface area contributed by atoms with Gasteiger partial charge in [-0.15, -0.1) is 0 Å². The Morgan fingerprint density at radius 3 is 2.57 bits per heavy atom. The lowest BCUT2D eigenvalue weighted by molar-refractivity contribution is -0.117. The lowest BCUT2D eigenvalue weighted by Crippen LogP contribution is -2.25. The molecule has 1 fully saturated rings. The van der Waals surface area contributed by atoms with Crippen LogP contribution in [0.25, 0.3) is 0 Å². The predicted molar refractivity (Wildman–Crippen MR) is 83.4 cm³/mol. The second-order valence-electron chi connectivity index (χ2n) is 5.00. The maximum atomic E-state index is 12.1. The van der Waals surface area contributed by atoms with Gasteiger partial charge in [0.1, 0.15) is 0 Å². The lowest BCUT2D eigenvalue weighted by atomic mass is 10.1. The van der Waals surface area contributed by atoms with Crippen molar-refractivity contribution in [1.29, 1.82) is 0 Å². The van der Waals surface area contributed by atoms with Crippen molar-refractivity contribution in [2.24, 2.45) is 5.92 Å². The molecule has 0 spiro atoms. The van der Waals surface area contributed by atoms with Crippen molar-refractivity contribution in [2.75, 3.05) is 24.2 Å². The molecule has 1 N–H and O–H groups in total. The standard InChI is InChI=1S/C15H18N2O3S/c1-10(18)21-9-11-7-14(19)17(8-11)13-5-3-12(4-6-13)15(20)16-2/h3-6,11H,7-9H2,1-2H3,(H,16,20). The summed E-state index contributed by atoms with van der Waals surface area (Å²) in [6.45, 7) is 2.16. The van der Waals surface area contributed by atoms with Crippen molar-refractivity contribution in [3.05, 3.63) is 29.8 Å². The minimum absolute atomic E-state index is 0.0665.